The van der Waals surface area contributed by atoms with Crippen molar-refractivity contribution >= 4 is 17.0 Å². The Kier molecular flexibility index (Phi) is 3.46. The number of nitrogens with zero attached hydrogens (tertiary/aromatic N) is 4. The number of H-pyrrole nitrogens is 1. The van der Waals surface area contributed by atoms with E-state index in [0.29, 0.717) is 0 Å². The summed E-state index contributed by atoms with van der Waals surface area (Å²) in [6.45, 7) is 2.09. The highest BCUT2D eigenvalue weighted by molar-refractivity contribution is 5.82. The number of aromatic amines is 1. The van der Waals surface area contributed by atoms with Crippen molar-refractivity contribution in [1.29, 1.82) is 0 Å². The lowest BCUT2D eigenvalue weighted by Crippen LogP contribution is -2.35. The van der Waals surface area contributed by atoms with Crippen molar-refractivity contribution < 1.29 is 0 Å². The van der Waals surface area contributed by atoms with Crippen molar-refractivity contribution in [3.8, 4) is 0 Å². The van der Waals surface area contributed by atoms with Gasteiger partial charge in [-0.3, -0.25) is 0 Å². The Hall–Kier alpha value is -2.43. The predicted octanol–water partition coefficient (Wildman–Crippen LogP) is 2.81. The second-order valence-corrected chi connectivity index (χ2v) is 5.92. The van der Waals surface area contributed by atoms with Crippen LogP contribution in [0.1, 0.15) is 18.4 Å². The SMILES string of the molecule is c1ccc(CC2CCN(c3ncnc4nc[nH]c34)CC2)cc1. The Bertz CT molecular complexity index is 744. The molecule has 0 bridgehead atoms. The van der Waals surface area contributed by atoms with Gasteiger partial charge in [-0.1, -0.05) is 30.3 Å². The number of hydrogen-bond donors (Lipinski definition) is 1. The van der Waals surface area contributed by atoms with E-state index in [-0.39, 0.29) is 0 Å². The van der Waals surface area contributed by atoms with Gasteiger partial charge in [0.15, 0.2) is 11.5 Å². The molecule has 3 aromatic rings. The number of rotatable bonds is 3. The van der Waals surface area contributed by atoms with Crippen LogP contribution in [0, 0.1) is 5.92 Å². The van der Waals surface area contributed by atoms with Crippen LogP contribution in [0.2, 0.25) is 0 Å². The van der Waals surface area contributed by atoms with Crippen LogP contribution in [-0.4, -0.2) is 33.0 Å². The number of aromatic nitrogens is 4. The lowest BCUT2D eigenvalue weighted by molar-refractivity contribution is 0.402. The fourth-order valence-electron chi connectivity index (χ4n) is 3.29. The number of nitrogens with one attached hydrogen (secondary N) is 1. The minimum atomic E-state index is 0.747. The van der Waals surface area contributed by atoms with Gasteiger partial charge in [0.2, 0.25) is 0 Å². The fraction of sp³-hybridized carbons (Fsp3) is 0.353. The molecule has 5 heteroatoms. The molecule has 0 spiro atoms. The molecule has 1 saturated heterocycles. The zero-order chi connectivity index (χ0) is 14.8. The Morgan fingerprint density at radius 2 is 1.86 bits per heavy atom. The number of fused-ring (bicyclic) bond motifs is 1. The summed E-state index contributed by atoms with van der Waals surface area (Å²) in [7, 11) is 0. The minimum Gasteiger partial charge on any atom is -0.355 e. The molecule has 22 heavy (non-hydrogen) atoms. The molecule has 1 N–H and O–H groups in total. The van der Waals surface area contributed by atoms with Crippen molar-refractivity contribution in [3.05, 3.63) is 48.5 Å². The normalized spacial score (nSPS) is 16.3. The number of imidazole rings is 1. The van der Waals surface area contributed by atoms with Crippen molar-refractivity contribution in [3.63, 3.8) is 0 Å². The van der Waals surface area contributed by atoms with E-state index in [1.807, 2.05) is 0 Å². The maximum Gasteiger partial charge on any atom is 0.182 e. The van der Waals surface area contributed by atoms with Crippen LogP contribution < -0.4 is 4.90 Å². The molecule has 4 rings (SSSR count). The first kappa shape index (κ1) is 13.2. The average molecular weight is 293 g/mol. The maximum atomic E-state index is 4.46. The maximum absolute atomic E-state index is 4.46. The Morgan fingerprint density at radius 1 is 1.05 bits per heavy atom. The van der Waals surface area contributed by atoms with Crippen LogP contribution in [0.3, 0.4) is 0 Å². The Balaban J connectivity index is 1.45. The van der Waals surface area contributed by atoms with Crippen LogP contribution in [0.15, 0.2) is 43.0 Å². The number of benzene rings is 1. The summed E-state index contributed by atoms with van der Waals surface area (Å²) in [6, 6.07) is 10.8. The molecule has 0 radical (unpaired) electrons. The largest absolute Gasteiger partial charge is 0.355 e. The summed E-state index contributed by atoms with van der Waals surface area (Å²) in [5.41, 5.74) is 3.14. The van der Waals surface area contributed by atoms with Crippen LogP contribution in [0.5, 0.6) is 0 Å². The summed E-state index contributed by atoms with van der Waals surface area (Å²) >= 11 is 0. The minimum absolute atomic E-state index is 0.747. The third kappa shape index (κ3) is 2.54. The van der Waals surface area contributed by atoms with Gasteiger partial charge in [0, 0.05) is 13.1 Å². The van der Waals surface area contributed by atoms with Gasteiger partial charge < -0.3 is 9.88 Å². The lowest BCUT2D eigenvalue weighted by Gasteiger charge is -2.32. The second-order valence-electron chi connectivity index (χ2n) is 5.92. The summed E-state index contributed by atoms with van der Waals surface area (Å²) in [5, 5.41) is 0. The van der Waals surface area contributed by atoms with Gasteiger partial charge in [-0.2, -0.15) is 0 Å². The van der Waals surface area contributed by atoms with E-state index in [1.165, 1.54) is 24.8 Å². The zero-order valence-electron chi connectivity index (χ0n) is 12.4. The monoisotopic (exact) mass is 293 g/mol. The highest BCUT2D eigenvalue weighted by Gasteiger charge is 2.22. The third-order valence-corrected chi connectivity index (χ3v) is 4.48. The topological polar surface area (TPSA) is 57.7 Å². The Morgan fingerprint density at radius 3 is 2.68 bits per heavy atom. The number of anilines is 1. The van der Waals surface area contributed by atoms with Crippen LogP contribution in [0.25, 0.3) is 11.2 Å². The summed E-state index contributed by atoms with van der Waals surface area (Å²) < 4.78 is 0. The van der Waals surface area contributed by atoms with Gasteiger partial charge in [0.25, 0.3) is 0 Å². The third-order valence-electron chi connectivity index (χ3n) is 4.48. The van der Waals surface area contributed by atoms with E-state index >= 15 is 0 Å². The predicted molar refractivity (Wildman–Crippen MR) is 86.8 cm³/mol. The summed E-state index contributed by atoms with van der Waals surface area (Å²) in [5.74, 6) is 1.75. The molecule has 5 nitrogen and oxygen atoms in total. The van der Waals surface area contributed by atoms with E-state index in [1.54, 1.807) is 12.7 Å². The molecule has 0 amide bonds. The van der Waals surface area contributed by atoms with Crippen molar-refractivity contribution in [2.45, 2.75) is 19.3 Å². The summed E-state index contributed by atoms with van der Waals surface area (Å²) in [6.07, 6.45) is 6.88. The zero-order valence-corrected chi connectivity index (χ0v) is 12.4. The molecule has 0 saturated carbocycles. The highest BCUT2D eigenvalue weighted by Crippen LogP contribution is 2.27. The molecule has 112 valence electrons. The van der Waals surface area contributed by atoms with E-state index in [0.717, 1.165) is 36.0 Å². The molecule has 2 aromatic heterocycles. The van der Waals surface area contributed by atoms with Gasteiger partial charge in [-0.25, -0.2) is 15.0 Å². The molecule has 1 aromatic carbocycles. The van der Waals surface area contributed by atoms with Gasteiger partial charge >= 0.3 is 0 Å². The number of piperidine rings is 1. The van der Waals surface area contributed by atoms with Crippen molar-refractivity contribution in [1.82, 2.24) is 19.9 Å². The van der Waals surface area contributed by atoms with E-state index < -0.39 is 0 Å². The standard InChI is InChI=1S/C17H19N5/c1-2-4-13(5-3-1)10-14-6-8-22(9-7-14)17-15-16(19-11-18-15)20-12-21-17/h1-5,11-12,14H,6-10H2,(H,18,19,20,21). The molecular weight excluding hydrogens is 274 g/mol. The molecule has 0 unspecified atom stereocenters. The van der Waals surface area contributed by atoms with Gasteiger partial charge in [-0.05, 0) is 30.7 Å². The fourth-order valence-corrected chi connectivity index (χ4v) is 3.29. The van der Waals surface area contributed by atoms with Crippen LogP contribution >= 0.6 is 0 Å². The van der Waals surface area contributed by atoms with Crippen LogP contribution in [-0.2, 0) is 6.42 Å². The van der Waals surface area contributed by atoms with E-state index in [2.05, 4.69) is 55.2 Å². The molecule has 3 heterocycles. The van der Waals surface area contributed by atoms with Gasteiger partial charge in [0.1, 0.15) is 11.8 Å². The molecule has 1 aliphatic rings. The smallest absolute Gasteiger partial charge is 0.182 e. The molecule has 1 aliphatic heterocycles. The molecular formula is C17H19N5. The van der Waals surface area contributed by atoms with Crippen molar-refractivity contribution in [2.24, 2.45) is 5.92 Å². The van der Waals surface area contributed by atoms with Crippen molar-refractivity contribution in [2.75, 3.05) is 18.0 Å². The van der Waals surface area contributed by atoms with E-state index in [4.69, 9.17) is 0 Å². The first-order chi connectivity index (χ1) is 10.9. The lowest BCUT2D eigenvalue weighted by atomic mass is 9.90. The average Bonchev–Trinajstić information content (AvgIpc) is 3.05. The molecule has 0 aliphatic carbocycles. The van der Waals surface area contributed by atoms with Gasteiger partial charge in [-0.15, -0.1) is 0 Å². The van der Waals surface area contributed by atoms with E-state index in [9.17, 15) is 0 Å². The highest BCUT2D eigenvalue weighted by atomic mass is 15.2. The number of hydrogen-bond acceptors (Lipinski definition) is 4. The second kappa shape index (κ2) is 5.75. The molecule has 0 atom stereocenters. The first-order valence-corrected chi connectivity index (χ1v) is 7.83. The Labute approximate surface area is 129 Å². The quantitative estimate of drug-likeness (QED) is 0.806. The first-order valence-electron chi connectivity index (χ1n) is 7.83. The van der Waals surface area contributed by atoms with Gasteiger partial charge in [0.05, 0.1) is 6.33 Å². The summed E-state index contributed by atoms with van der Waals surface area (Å²) in [4.78, 5) is 18.4. The molecule has 1 fully saturated rings. The van der Waals surface area contributed by atoms with Crippen LogP contribution in [0.4, 0.5) is 5.82 Å².